The number of nitrogens with two attached hydrogens (primary N) is 1. The smallest absolute Gasteiger partial charge is 0.373 e. The molecule has 0 aliphatic carbocycles. The Morgan fingerprint density at radius 2 is 1.04 bits per heavy atom. The van der Waals surface area contributed by atoms with Crippen molar-refractivity contribution >= 4 is 76.4 Å². The van der Waals surface area contributed by atoms with E-state index in [0.29, 0.717) is 12.8 Å². The quantitative estimate of drug-likeness (QED) is 0.0332. The van der Waals surface area contributed by atoms with Gasteiger partial charge in [-0.3, -0.25) is 38.4 Å². The van der Waals surface area contributed by atoms with Gasteiger partial charge in [-0.1, -0.05) is 131 Å². The van der Waals surface area contributed by atoms with E-state index in [0.717, 1.165) is 94.0 Å². The summed E-state index contributed by atoms with van der Waals surface area (Å²) in [7, 11) is 0. The number of fused-ring (bicyclic) bond motifs is 14. The van der Waals surface area contributed by atoms with Crippen molar-refractivity contribution in [1.29, 1.82) is 0 Å². The summed E-state index contributed by atoms with van der Waals surface area (Å²) >= 11 is 14.8. The number of amides is 6. The number of benzene rings is 7. The third-order valence-electron chi connectivity index (χ3n) is 25.2. The molecule has 0 spiro atoms. The molecule has 0 saturated carbocycles. The van der Waals surface area contributed by atoms with Crippen LogP contribution in [0.1, 0.15) is 186 Å². The molecule has 0 aromatic heterocycles. The van der Waals surface area contributed by atoms with Crippen LogP contribution < -0.4 is 61.3 Å². The molecule has 7 aromatic rings. The Morgan fingerprint density at radius 3 is 1.66 bits per heavy atom. The summed E-state index contributed by atoms with van der Waals surface area (Å²) in [5, 5.41) is 175. The number of hydrogen-bond acceptors (Lipinski definition) is 34. The fourth-order valence-electron chi connectivity index (χ4n) is 17.8. The Morgan fingerprint density at radius 1 is 0.493 bits per heavy atom. The average Bonchev–Trinajstić information content (AvgIpc) is 0.762. The van der Waals surface area contributed by atoms with Crippen LogP contribution in [0.2, 0.25) is 10.0 Å². The van der Waals surface area contributed by atoms with Crippen LogP contribution in [0.5, 0.6) is 69.0 Å². The summed E-state index contributed by atoms with van der Waals surface area (Å²) in [6.45, 7) is -0.471. The van der Waals surface area contributed by atoms with Crippen molar-refractivity contribution in [2.75, 3.05) is 19.8 Å². The van der Waals surface area contributed by atoms with Gasteiger partial charge in [-0.2, -0.15) is 9.59 Å². The predicted molar refractivity (Wildman–Crippen MR) is 482 cm³/mol. The number of ether oxygens (including phenoxy) is 9. The van der Waals surface area contributed by atoms with E-state index in [1.165, 1.54) is 98.8 Å². The standard InChI is InChI=1S/C95H111Cl2N7O31.CO2/c1-3-4-5-6-7-8-9-10-11-12-13-14-15-16-73(115)102-78-84(120)81(117)71(41-106)132-94(78)135-88-68-33-49-34-69(88)129-65-24-20-47(31-58(65)97)87(134-93-77(100-43(2)108)83(119)80(116)70(40-105)131-93)79-92(126)99-39-50-28-52(110)36-67(130-95-86(122)85(121)82(118)72(42-107)133-95)74(50)56-30-45(18-21-60(56)111)54(89(123)104-79)38-63(114)76(49)103-90(124)55-37-62(113)59(26-44-17-23-64(128-68)57(96)25-44)101-91(125)75(98)46-19-22-61(112)66(32-46)127-53-29-48(55)27-51(109)35-53;2-1-3/h17-25,27-36,54-55,59,70-72,75-87,93-95,105-107,109-112,116-122H,3-16,26,37-42,98H2,1-2H3,(H,99,126)(H,100,108)(H,101,125)(H,102,115)(H,103,124)(H,104,123);/t54-,55+,59-,70?,71?,72?,75-,76-,77?,78?,79+,80-,81-,82-,83-,84-,85?,86-,87-,93+,94+,95+;/m1./s1. The Kier molecular flexibility index (Phi) is 35.2. The Hall–Kier alpha value is -11.7. The first-order valence-electron chi connectivity index (χ1n) is 45.4. The van der Waals surface area contributed by atoms with E-state index in [-0.39, 0.29) is 79.4 Å². The molecule has 17 bridgehead atoms. The highest BCUT2D eigenvalue weighted by molar-refractivity contribution is 6.32. The normalized spacial score (nSPS) is 27.5. The van der Waals surface area contributed by atoms with Crippen LogP contribution in [0, 0.1) is 0 Å². The summed E-state index contributed by atoms with van der Waals surface area (Å²) in [4.78, 5) is 141. The molecule has 0 radical (unpaired) electrons. The van der Waals surface area contributed by atoms with Gasteiger partial charge in [-0.05, 0) is 131 Å². The lowest BCUT2D eigenvalue weighted by molar-refractivity contribution is -0.284. The topological polar surface area (TPSA) is 635 Å². The number of aliphatic hydroxyl groups excluding tert-OH is 10. The lowest BCUT2D eigenvalue weighted by atomic mass is 9.85. The lowest BCUT2D eigenvalue weighted by Crippen LogP contribution is -2.65. The molecule has 6 unspecified atom stereocenters. The average molecular weight is 1960 g/mol. The number of phenolic OH excluding ortho intramolecular Hbond substituents is 4. The minimum atomic E-state index is -2.30. The zero-order chi connectivity index (χ0) is 99.2. The number of nitrogens with one attached hydrogen (secondary N) is 6. The van der Waals surface area contributed by atoms with Crippen molar-refractivity contribution in [3.05, 3.63) is 164 Å². The van der Waals surface area contributed by atoms with Gasteiger partial charge < -0.3 is 152 Å². The van der Waals surface area contributed by atoms with Gasteiger partial charge in [0, 0.05) is 56.0 Å². The fourth-order valence-corrected chi connectivity index (χ4v) is 18.3. The van der Waals surface area contributed by atoms with Gasteiger partial charge in [0.1, 0.15) is 138 Å². The van der Waals surface area contributed by atoms with E-state index in [4.69, 9.17) is 81.2 Å². The van der Waals surface area contributed by atoms with Crippen molar-refractivity contribution in [2.45, 2.75) is 264 Å². The highest BCUT2D eigenvalue weighted by atomic mass is 35.5. The molecule has 22 N–H and O–H groups in total. The summed E-state index contributed by atoms with van der Waals surface area (Å²) in [6, 6.07) is 11.3. The third-order valence-corrected chi connectivity index (χ3v) is 25.8. The van der Waals surface area contributed by atoms with Crippen LogP contribution in [0.25, 0.3) is 11.1 Å². The first-order valence-corrected chi connectivity index (χ1v) is 46.1. The van der Waals surface area contributed by atoms with Crippen molar-refractivity contribution in [1.82, 2.24) is 31.9 Å². The molecule has 9 heterocycles. The molecule has 7 aromatic carbocycles. The molecule has 42 heteroatoms. The van der Waals surface area contributed by atoms with Crippen molar-refractivity contribution in [2.24, 2.45) is 5.73 Å². The number of rotatable bonds is 25. The van der Waals surface area contributed by atoms with Crippen LogP contribution in [0.3, 0.4) is 0 Å². The number of hydrogen-bond donors (Lipinski definition) is 21. The van der Waals surface area contributed by atoms with Crippen molar-refractivity contribution < 1.29 is 162 Å². The molecule has 742 valence electrons. The van der Waals surface area contributed by atoms with Gasteiger partial charge >= 0.3 is 6.15 Å². The first-order chi connectivity index (χ1) is 66.1. The number of aliphatic hydroxyl groups is 10. The fraction of sp³-hybridized carbons (Fsp3) is 0.469. The zero-order valence-electron chi connectivity index (χ0n) is 74.9. The summed E-state index contributed by atoms with van der Waals surface area (Å²) < 4.78 is 58.2. The molecule has 138 heavy (non-hydrogen) atoms. The van der Waals surface area contributed by atoms with E-state index in [1.807, 2.05) is 0 Å². The molecule has 9 aliphatic heterocycles. The summed E-state index contributed by atoms with van der Waals surface area (Å²) in [5.74, 6) is -18.3. The molecular formula is C96H111Cl2N7O33. The van der Waals surface area contributed by atoms with E-state index >= 15 is 24.0 Å². The minimum Gasteiger partial charge on any atom is -0.508 e. The van der Waals surface area contributed by atoms with Gasteiger partial charge in [-0.25, -0.2) is 0 Å². The monoisotopic (exact) mass is 1960 g/mol. The zero-order valence-corrected chi connectivity index (χ0v) is 76.4. The van der Waals surface area contributed by atoms with Crippen LogP contribution in [0.15, 0.2) is 115 Å². The van der Waals surface area contributed by atoms with Crippen LogP contribution in [-0.4, -0.2) is 249 Å². The van der Waals surface area contributed by atoms with E-state index in [9.17, 15) is 85.9 Å². The van der Waals surface area contributed by atoms with Gasteiger partial charge in [0.05, 0.1) is 47.7 Å². The number of halogens is 2. The second-order valence-electron chi connectivity index (χ2n) is 35.0. The second kappa shape index (κ2) is 46.8. The number of unbranched alkanes of at least 4 members (excludes halogenated alkanes) is 12. The Balaban J connectivity index is 0.00000529. The second-order valence-corrected chi connectivity index (χ2v) is 35.8. The highest BCUT2D eigenvalue weighted by Gasteiger charge is 2.52. The first kappa shape index (κ1) is 104. The number of carbonyl (C=O) groups is 8. The van der Waals surface area contributed by atoms with Crippen LogP contribution in [-0.2, 0) is 79.9 Å². The summed E-state index contributed by atoms with van der Waals surface area (Å²) in [5.41, 5.74) is 5.03. The SMILES string of the molecule is CCCCCCCCCCCCCCCC(=O)NC1[C@H](Oc2c3cc4cc2Oc2ccc(cc2Cl)[C@@H](O[C@@H]2OC(CO)[C@@H](O)[C@H](O)C2NC(C)=O)[C@@H]2NC(=O)[C@H](CC(=O)[C@@H]4NC(=O)[C@H]4CC(=O)[C@@H](Cc5ccc(c(Cl)c5)O3)NC(=O)[C@H](N)c3ccc(O)c(c3)Oc3cc(O)cc4c3)c3ccc(O)c(c3)-c3c(cc(O)cc3O[C@H]3OC(CO)[C@@H](O)C(O)[C@H]3O)CNC2=O)OC(CO)[C@@H](O)[C@@H]1O.O=C=O. The number of ketones is 2. The number of carbonyl (C=O) groups excluding carboxylic acids is 10. The lowest BCUT2D eigenvalue weighted by Gasteiger charge is -2.44. The van der Waals surface area contributed by atoms with Gasteiger partial charge in [0.25, 0.3) is 0 Å². The maximum atomic E-state index is 17.2. The van der Waals surface area contributed by atoms with Crippen LogP contribution >= 0.6 is 23.2 Å². The van der Waals surface area contributed by atoms with Crippen molar-refractivity contribution in [3.63, 3.8) is 0 Å². The molecule has 9 aliphatic rings. The van der Waals surface area contributed by atoms with E-state index in [1.54, 1.807) is 0 Å². The number of Topliss-reactive ketones (excluding diaryl/α,β-unsaturated/α-hetero) is 2. The maximum Gasteiger partial charge on any atom is 0.373 e. The minimum absolute atomic E-state index is 0.0744. The van der Waals surface area contributed by atoms with Crippen LogP contribution in [0.4, 0.5) is 0 Å². The van der Waals surface area contributed by atoms with E-state index < -0.39 is 289 Å². The summed E-state index contributed by atoms with van der Waals surface area (Å²) in [6.07, 6.45) is -16.5. The highest BCUT2D eigenvalue weighted by Crippen LogP contribution is 2.51. The largest absolute Gasteiger partial charge is 0.508 e. The number of aromatic hydroxyl groups is 4. The molecule has 22 atom stereocenters. The maximum absolute atomic E-state index is 17.2. The Bertz CT molecular complexity index is 5610. The molecular weight excluding hydrogens is 1850 g/mol. The van der Waals surface area contributed by atoms with Gasteiger partial charge in [0.2, 0.25) is 53.8 Å². The number of phenols is 4. The Labute approximate surface area is 799 Å². The molecule has 6 amide bonds. The molecule has 16 rings (SSSR count). The van der Waals surface area contributed by atoms with E-state index in [2.05, 4.69) is 38.8 Å². The molecule has 40 nitrogen and oxygen atoms in total. The molecule has 3 saturated heterocycles. The molecule has 3 fully saturated rings. The third kappa shape index (κ3) is 24.4. The predicted octanol–water partition coefficient (Wildman–Crippen LogP) is 5.07. The van der Waals surface area contributed by atoms with Gasteiger partial charge in [0.15, 0.2) is 40.9 Å². The van der Waals surface area contributed by atoms with Gasteiger partial charge in [-0.15, -0.1) is 0 Å². The van der Waals surface area contributed by atoms with Crippen molar-refractivity contribution in [3.8, 4) is 80.1 Å².